The monoisotopic (exact) mass is 626 g/mol. The quantitative estimate of drug-likeness (QED) is 0.101. The lowest BCUT2D eigenvalue weighted by atomic mass is 9.99. The van der Waals surface area contributed by atoms with Crippen LogP contribution in [-0.2, 0) is 13.0 Å². The molecule has 9 heteroatoms. The van der Waals surface area contributed by atoms with Crippen LogP contribution in [0.15, 0.2) is 114 Å². The molecule has 2 aromatic heterocycles. The zero-order valence-corrected chi connectivity index (χ0v) is 26.5. The van der Waals surface area contributed by atoms with Gasteiger partial charge < -0.3 is 25.5 Å². The van der Waals surface area contributed by atoms with Crippen LogP contribution in [0.25, 0.3) is 33.6 Å². The van der Waals surface area contributed by atoms with Crippen molar-refractivity contribution >= 4 is 34.3 Å². The van der Waals surface area contributed by atoms with Crippen molar-refractivity contribution in [2.45, 2.75) is 26.8 Å². The molecular weight excluding hydrogens is 588 g/mol. The van der Waals surface area contributed by atoms with Gasteiger partial charge in [0, 0.05) is 41.2 Å². The van der Waals surface area contributed by atoms with E-state index in [2.05, 4.69) is 56.8 Å². The number of anilines is 3. The number of furan rings is 1. The summed E-state index contributed by atoms with van der Waals surface area (Å²) in [5.74, 6) is 1.69. The van der Waals surface area contributed by atoms with Crippen LogP contribution in [0.1, 0.15) is 25.0 Å². The number of carbonyl (C=O) groups is 1. The first-order valence-corrected chi connectivity index (χ1v) is 15.9. The Kier molecular flexibility index (Phi) is 9.74. The number of phenols is 1. The molecule has 2 amide bonds. The summed E-state index contributed by atoms with van der Waals surface area (Å²) in [5.41, 5.74) is 6.66. The van der Waals surface area contributed by atoms with Crippen molar-refractivity contribution in [2.75, 3.05) is 35.6 Å². The maximum absolute atomic E-state index is 12.7. The highest BCUT2D eigenvalue weighted by Gasteiger charge is 2.22. The van der Waals surface area contributed by atoms with Gasteiger partial charge >= 0.3 is 6.03 Å². The SMILES string of the molecule is CCN(CC)Cc1cc(NC(=O)Nc2ccc(CCNc3ncnc4oc(-c5ccccc5)c(-c5ccccc5)c34)cc2)ccc1O. The Labute approximate surface area is 274 Å². The van der Waals surface area contributed by atoms with Crippen molar-refractivity contribution in [3.63, 3.8) is 0 Å². The summed E-state index contributed by atoms with van der Waals surface area (Å²) < 4.78 is 6.32. The first-order valence-electron chi connectivity index (χ1n) is 15.9. The fraction of sp³-hybridized carbons (Fsp3) is 0.184. The highest BCUT2D eigenvalue weighted by molar-refractivity contribution is 6.06. The third kappa shape index (κ3) is 7.43. The molecule has 0 radical (unpaired) electrons. The van der Waals surface area contributed by atoms with Gasteiger partial charge in [-0.3, -0.25) is 4.90 Å². The number of rotatable bonds is 12. The molecule has 4 aromatic carbocycles. The Morgan fingerprint density at radius 3 is 2.17 bits per heavy atom. The maximum atomic E-state index is 12.7. The van der Waals surface area contributed by atoms with Gasteiger partial charge in [-0.1, -0.05) is 86.6 Å². The third-order valence-electron chi connectivity index (χ3n) is 8.13. The second-order valence-electron chi connectivity index (χ2n) is 11.2. The fourth-order valence-corrected chi connectivity index (χ4v) is 5.59. The number of nitrogens with one attached hydrogen (secondary N) is 3. The number of fused-ring (bicyclic) bond motifs is 1. The summed E-state index contributed by atoms with van der Waals surface area (Å²) in [7, 11) is 0. The van der Waals surface area contributed by atoms with Gasteiger partial charge in [-0.05, 0) is 61.0 Å². The Morgan fingerprint density at radius 2 is 1.47 bits per heavy atom. The average Bonchev–Trinajstić information content (AvgIpc) is 3.51. The Morgan fingerprint density at radius 1 is 0.809 bits per heavy atom. The summed E-state index contributed by atoms with van der Waals surface area (Å²) in [6.45, 7) is 7.16. The molecule has 0 spiro atoms. The summed E-state index contributed by atoms with van der Waals surface area (Å²) in [4.78, 5) is 24.0. The van der Waals surface area contributed by atoms with E-state index < -0.39 is 0 Å². The molecule has 47 heavy (non-hydrogen) atoms. The number of carbonyl (C=O) groups excluding carboxylic acids is 1. The van der Waals surface area contributed by atoms with Gasteiger partial charge in [-0.25, -0.2) is 14.8 Å². The van der Waals surface area contributed by atoms with E-state index in [0.717, 1.165) is 58.5 Å². The number of nitrogens with zero attached hydrogens (tertiary/aromatic N) is 3. The minimum atomic E-state index is -0.351. The molecule has 0 saturated heterocycles. The van der Waals surface area contributed by atoms with Gasteiger partial charge in [-0.15, -0.1) is 0 Å². The normalized spacial score (nSPS) is 11.1. The van der Waals surface area contributed by atoms with Gasteiger partial charge in [0.15, 0.2) is 0 Å². The van der Waals surface area contributed by atoms with E-state index in [1.165, 1.54) is 6.33 Å². The van der Waals surface area contributed by atoms with Gasteiger partial charge in [0.05, 0.1) is 5.39 Å². The molecule has 0 fully saturated rings. The predicted octanol–water partition coefficient (Wildman–Crippen LogP) is 8.40. The minimum Gasteiger partial charge on any atom is -0.508 e. The molecular formula is C38H38N6O3. The van der Waals surface area contributed by atoms with Crippen molar-refractivity contribution in [1.82, 2.24) is 14.9 Å². The van der Waals surface area contributed by atoms with E-state index >= 15 is 0 Å². The fourth-order valence-electron chi connectivity index (χ4n) is 5.59. The van der Waals surface area contributed by atoms with E-state index in [4.69, 9.17) is 4.42 Å². The van der Waals surface area contributed by atoms with Crippen LogP contribution in [0.5, 0.6) is 5.75 Å². The molecule has 6 rings (SSSR count). The molecule has 0 aliphatic heterocycles. The molecule has 4 N–H and O–H groups in total. The van der Waals surface area contributed by atoms with Crippen molar-refractivity contribution in [2.24, 2.45) is 0 Å². The van der Waals surface area contributed by atoms with Crippen LogP contribution in [-0.4, -0.2) is 45.6 Å². The van der Waals surface area contributed by atoms with Gasteiger partial charge in [0.25, 0.3) is 0 Å². The Balaban J connectivity index is 1.11. The molecule has 2 heterocycles. The van der Waals surface area contributed by atoms with E-state index in [-0.39, 0.29) is 11.8 Å². The molecule has 0 saturated carbocycles. The Hall–Kier alpha value is -5.67. The van der Waals surface area contributed by atoms with Crippen LogP contribution >= 0.6 is 0 Å². The van der Waals surface area contributed by atoms with E-state index in [0.29, 0.717) is 36.0 Å². The second-order valence-corrected chi connectivity index (χ2v) is 11.2. The molecule has 0 bridgehead atoms. The molecule has 6 aromatic rings. The molecule has 238 valence electrons. The van der Waals surface area contributed by atoms with Gasteiger partial charge in [0.1, 0.15) is 23.7 Å². The van der Waals surface area contributed by atoms with Crippen molar-refractivity contribution in [3.8, 4) is 28.2 Å². The van der Waals surface area contributed by atoms with Crippen LogP contribution in [0, 0.1) is 0 Å². The van der Waals surface area contributed by atoms with Crippen LogP contribution in [0.3, 0.4) is 0 Å². The molecule has 0 unspecified atom stereocenters. The first kappa shape index (κ1) is 31.3. The lowest BCUT2D eigenvalue weighted by molar-refractivity contribution is 0.262. The van der Waals surface area contributed by atoms with Crippen molar-refractivity contribution in [1.29, 1.82) is 0 Å². The average molecular weight is 627 g/mol. The number of urea groups is 1. The minimum absolute atomic E-state index is 0.218. The standard InChI is InChI=1S/C38H38N6O3/c1-3-44(4-2)24-29-23-31(19-20-32(29)45)43-38(46)42-30-17-15-26(16-18-30)21-22-39-36-34-33(27-11-7-5-8-12-27)35(28-13-9-6-10-14-28)47-37(34)41-25-40-36/h5-20,23,25,45H,3-4,21-22,24H2,1-2H3,(H,39,40,41)(H2,42,43,46). The van der Waals surface area contributed by atoms with Crippen LogP contribution in [0.4, 0.5) is 22.0 Å². The van der Waals surface area contributed by atoms with Gasteiger partial charge in [0.2, 0.25) is 5.71 Å². The topological polar surface area (TPSA) is 116 Å². The van der Waals surface area contributed by atoms with Crippen LogP contribution in [0.2, 0.25) is 0 Å². The second kappa shape index (κ2) is 14.6. The third-order valence-corrected chi connectivity index (χ3v) is 8.13. The summed E-state index contributed by atoms with van der Waals surface area (Å²) in [6, 6.07) is 32.7. The molecule has 0 aliphatic rings. The number of phenolic OH excluding ortho intramolecular Hbond substituents is 1. The molecule has 0 aliphatic carbocycles. The largest absolute Gasteiger partial charge is 0.508 e. The maximum Gasteiger partial charge on any atom is 0.323 e. The van der Waals surface area contributed by atoms with E-state index in [1.54, 1.807) is 12.1 Å². The predicted molar refractivity (Wildman–Crippen MR) is 189 cm³/mol. The summed E-state index contributed by atoms with van der Waals surface area (Å²) in [6.07, 6.45) is 2.26. The highest BCUT2D eigenvalue weighted by Crippen LogP contribution is 2.42. The zero-order valence-electron chi connectivity index (χ0n) is 26.5. The van der Waals surface area contributed by atoms with E-state index in [9.17, 15) is 9.90 Å². The number of hydrogen-bond donors (Lipinski definition) is 4. The van der Waals surface area contributed by atoms with Crippen molar-refractivity contribution < 1.29 is 14.3 Å². The number of hydrogen-bond acceptors (Lipinski definition) is 7. The Bertz CT molecular complexity index is 1940. The van der Waals surface area contributed by atoms with Crippen molar-refractivity contribution in [3.05, 3.63) is 121 Å². The van der Waals surface area contributed by atoms with Gasteiger partial charge in [-0.2, -0.15) is 0 Å². The molecule has 0 atom stereocenters. The number of aromatic nitrogens is 2. The number of aromatic hydroxyl groups is 1. The number of amides is 2. The summed E-state index contributed by atoms with van der Waals surface area (Å²) >= 11 is 0. The zero-order chi connectivity index (χ0) is 32.6. The lowest BCUT2D eigenvalue weighted by Gasteiger charge is -2.19. The van der Waals surface area contributed by atoms with Crippen LogP contribution < -0.4 is 16.0 Å². The number of benzene rings is 4. The lowest BCUT2D eigenvalue weighted by Crippen LogP contribution is -2.22. The first-order chi connectivity index (χ1) is 23.0. The highest BCUT2D eigenvalue weighted by atomic mass is 16.3. The van der Waals surface area contributed by atoms with E-state index in [1.807, 2.05) is 78.9 Å². The smallest absolute Gasteiger partial charge is 0.323 e. The molecule has 9 nitrogen and oxygen atoms in total. The summed E-state index contributed by atoms with van der Waals surface area (Å²) in [5, 5.41) is 20.4.